The van der Waals surface area contributed by atoms with Gasteiger partial charge in [0.2, 0.25) is 11.8 Å². The first kappa shape index (κ1) is 20.9. The maximum absolute atomic E-state index is 13.9. The molecule has 7 rings (SSSR count). The molecule has 0 radical (unpaired) electrons. The highest BCUT2D eigenvalue weighted by Crippen LogP contribution is 2.61. The number of benzene rings is 3. The molecule has 1 heterocycles. The van der Waals surface area contributed by atoms with Crippen LogP contribution in [0.3, 0.4) is 0 Å². The van der Waals surface area contributed by atoms with E-state index in [0.29, 0.717) is 15.7 Å². The molecule has 5 heteroatoms. The number of halogens is 2. The van der Waals surface area contributed by atoms with Gasteiger partial charge < -0.3 is 0 Å². The molecule has 0 N–H and O–H groups in total. The number of hydrogen-bond donors (Lipinski definition) is 0. The number of imide groups is 1. The van der Waals surface area contributed by atoms with Crippen LogP contribution in [0.2, 0.25) is 10.0 Å². The van der Waals surface area contributed by atoms with Gasteiger partial charge in [-0.05, 0) is 51.4 Å². The van der Waals surface area contributed by atoms with Crippen molar-refractivity contribution in [2.45, 2.75) is 38.0 Å². The third-order valence-corrected chi connectivity index (χ3v) is 8.09. The highest BCUT2D eigenvalue weighted by atomic mass is 35.5. The molecule has 1 fully saturated rings. The number of amides is 2. The summed E-state index contributed by atoms with van der Waals surface area (Å²) in [6, 6.07) is 19.8. The van der Waals surface area contributed by atoms with Gasteiger partial charge in [0.25, 0.3) is 0 Å². The zero-order valence-electron chi connectivity index (χ0n) is 18.6. The van der Waals surface area contributed by atoms with Crippen molar-refractivity contribution in [2.75, 3.05) is 4.90 Å². The van der Waals surface area contributed by atoms with Gasteiger partial charge >= 0.3 is 0 Å². The smallest absolute Gasteiger partial charge is 0.238 e. The van der Waals surface area contributed by atoms with Gasteiger partial charge in [0.15, 0.2) is 0 Å². The Hall–Kier alpha value is -2.62. The maximum atomic E-state index is 13.9. The van der Waals surface area contributed by atoms with E-state index < -0.39 is 11.8 Å². The van der Waals surface area contributed by atoms with Gasteiger partial charge in [-0.15, -0.1) is 0 Å². The minimum absolute atomic E-state index is 0.0109. The van der Waals surface area contributed by atoms with Crippen molar-refractivity contribution < 1.29 is 9.59 Å². The fourth-order valence-electron chi connectivity index (χ4n) is 6.09. The Morgan fingerprint density at radius 3 is 1.88 bits per heavy atom. The van der Waals surface area contributed by atoms with Crippen LogP contribution in [0.15, 0.2) is 60.7 Å². The van der Waals surface area contributed by atoms with E-state index >= 15 is 0 Å². The number of carbonyl (C=O) groups is 2. The fourth-order valence-corrected chi connectivity index (χ4v) is 6.59. The molecule has 3 aromatic rings. The maximum Gasteiger partial charge on any atom is 0.238 e. The van der Waals surface area contributed by atoms with Crippen LogP contribution in [0.25, 0.3) is 0 Å². The Morgan fingerprint density at radius 1 is 0.727 bits per heavy atom. The summed E-state index contributed by atoms with van der Waals surface area (Å²) in [7, 11) is 0. The Labute approximate surface area is 203 Å². The summed E-state index contributed by atoms with van der Waals surface area (Å²) < 4.78 is 0. The molecule has 3 aromatic carbocycles. The molecule has 2 bridgehead atoms. The molecule has 3 nitrogen and oxygen atoms in total. The predicted molar refractivity (Wildman–Crippen MR) is 131 cm³/mol. The van der Waals surface area contributed by atoms with Crippen LogP contribution in [0.1, 0.15) is 60.4 Å². The van der Waals surface area contributed by atoms with Crippen LogP contribution < -0.4 is 4.90 Å². The van der Waals surface area contributed by atoms with E-state index in [4.69, 9.17) is 23.2 Å². The van der Waals surface area contributed by atoms with Crippen molar-refractivity contribution in [1.82, 2.24) is 0 Å². The van der Waals surface area contributed by atoms with Crippen molar-refractivity contribution in [3.8, 4) is 0 Å². The second-order valence-electron chi connectivity index (χ2n) is 10.3. The number of anilines is 1. The third-order valence-electron chi connectivity index (χ3n) is 7.56. The van der Waals surface area contributed by atoms with Gasteiger partial charge in [-0.3, -0.25) is 9.59 Å². The summed E-state index contributed by atoms with van der Waals surface area (Å²) in [4.78, 5) is 29.0. The lowest BCUT2D eigenvalue weighted by molar-refractivity contribution is -0.122. The van der Waals surface area contributed by atoms with Crippen molar-refractivity contribution >= 4 is 40.7 Å². The van der Waals surface area contributed by atoms with Gasteiger partial charge in [-0.1, -0.05) is 86.4 Å². The van der Waals surface area contributed by atoms with Crippen molar-refractivity contribution in [2.24, 2.45) is 11.8 Å². The topological polar surface area (TPSA) is 37.4 Å². The van der Waals surface area contributed by atoms with Crippen LogP contribution in [-0.4, -0.2) is 11.8 Å². The van der Waals surface area contributed by atoms with Gasteiger partial charge in [0.05, 0.1) is 22.5 Å². The molecule has 2 amide bonds. The molecule has 166 valence electrons. The summed E-state index contributed by atoms with van der Waals surface area (Å²) in [6.07, 6.45) is 0. The molecule has 0 aromatic heterocycles. The summed E-state index contributed by atoms with van der Waals surface area (Å²) in [6.45, 7) is 6.59. The molecule has 1 saturated heterocycles. The van der Waals surface area contributed by atoms with Crippen LogP contribution in [0.4, 0.5) is 5.69 Å². The van der Waals surface area contributed by atoms with Crippen LogP contribution >= 0.6 is 23.2 Å². The number of hydrogen-bond acceptors (Lipinski definition) is 2. The minimum atomic E-state index is -0.438. The average molecular weight is 476 g/mol. The van der Waals surface area contributed by atoms with Crippen molar-refractivity contribution in [3.05, 3.63) is 98.5 Å². The van der Waals surface area contributed by atoms with E-state index in [9.17, 15) is 9.59 Å². The molecule has 4 aliphatic rings. The molecular formula is C28H23Cl2NO2. The van der Waals surface area contributed by atoms with Gasteiger partial charge in [-0.25, -0.2) is 4.90 Å². The van der Waals surface area contributed by atoms with E-state index in [1.54, 1.807) is 18.2 Å². The van der Waals surface area contributed by atoms with E-state index in [-0.39, 0.29) is 29.1 Å². The van der Waals surface area contributed by atoms with Crippen molar-refractivity contribution in [3.63, 3.8) is 0 Å². The fraction of sp³-hybridized carbons (Fsp3) is 0.286. The lowest BCUT2D eigenvalue weighted by Crippen LogP contribution is -2.41. The first-order valence-corrected chi connectivity index (χ1v) is 12.0. The Kier molecular flexibility index (Phi) is 4.41. The first-order chi connectivity index (χ1) is 15.7. The Bertz CT molecular complexity index is 1360. The van der Waals surface area contributed by atoms with Gasteiger partial charge in [0, 0.05) is 16.9 Å². The van der Waals surface area contributed by atoms with E-state index in [0.717, 1.165) is 16.7 Å². The van der Waals surface area contributed by atoms with Crippen molar-refractivity contribution in [1.29, 1.82) is 0 Å². The average Bonchev–Trinajstić information content (AvgIpc) is 3.04. The zero-order valence-corrected chi connectivity index (χ0v) is 20.1. The standard InChI is InChI=1S/C28H23Cl2NO2/c1-28(2,3)14-8-10-18-19(12-14)23-17-7-5-4-6-16(17)22(18)24-25(23)27(33)31(26(24)32)21-11-9-15(29)13-20(21)30/h4-13,22-25H,1-3H3. The molecule has 0 saturated carbocycles. The lowest BCUT2D eigenvalue weighted by Gasteiger charge is -2.46. The number of rotatable bonds is 1. The Balaban J connectivity index is 1.56. The first-order valence-electron chi connectivity index (χ1n) is 11.2. The monoisotopic (exact) mass is 475 g/mol. The summed E-state index contributed by atoms with van der Waals surface area (Å²) >= 11 is 12.5. The molecule has 0 spiro atoms. The van der Waals surface area contributed by atoms with Crippen LogP contribution in [0.5, 0.6) is 0 Å². The van der Waals surface area contributed by atoms with E-state index in [1.807, 2.05) is 12.1 Å². The normalized spacial score (nSPS) is 25.2. The molecule has 3 aliphatic carbocycles. The Morgan fingerprint density at radius 2 is 1.30 bits per heavy atom. The largest absolute Gasteiger partial charge is 0.274 e. The third kappa shape index (κ3) is 2.82. The molecular weight excluding hydrogens is 453 g/mol. The summed E-state index contributed by atoms with van der Waals surface area (Å²) in [5, 5.41) is 0.773. The summed E-state index contributed by atoms with van der Waals surface area (Å²) in [5.74, 6) is -1.52. The predicted octanol–water partition coefficient (Wildman–Crippen LogP) is 6.69. The summed E-state index contributed by atoms with van der Waals surface area (Å²) in [5.41, 5.74) is 6.29. The molecule has 4 unspecified atom stereocenters. The van der Waals surface area contributed by atoms with Gasteiger partial charge in [-0.2, -0.15) is 0 Å². The molecule has 1 aliphatic heterocycles. The SMILES string of the molecule is CC(C)(C)c1ccc2c(c1)C1c3ccccc3C2C2C(=O)N(c3ccc(Cl)cc3Cl)C(=O)C12. The van der Waals surface area contributed by atoms with Crippen LogP contribution in [0, 0.1) is 11.8 Å². The number of carbonyl (C=O) groups excluding carboxylic acids is 2. The highest BCUT2D eigenvalue weighted by molar-refractivity contribution is 6.38. The lowest BCUT2D eigenvalue weighted by atomic mass is 9.54. The van der Waals surface area contributed by atoms with Gasteiger partial charge in [0.1, 0.15) is 0 Å². The highest BCUT2D eigenvalue weighted by Gasteiger charge is 2.62. The second kappa shape index (κ2) is 6.94. The van der Waals surface area contributed by atoms with Crippen LogP contribution in [-0.2, 0) is 15.0 Å². The minimum Gasteiger partial charge on any atom is -0.274 e. The van der Waals surface area contributed by atoms with E-state index in [1.165, 1.54) is 16.0 Å². The quantitative estimate of drug-likeness (QED) is 0.367. The molecule has 4 atom stereocenters. The molecule has 33 heavy (non-hydrogen) atoms. The second-order valence-corrected chi connectivity index (χ2v) is 11.2. The zero-order chi connectivity index (χ0) is 23.2. The van der Waals surface area contributed by atoms with E-state index in [2.05, 4.69) is 51.1 Å². The number of nitrogens with zero attached hydrogens (tertiary/aromatic N) is 1.